The molecule has 0 fully saturated rings. The molecule has 2 rings (SSSR count). The first-order valence-corrected chi connectivity index (χ1v) is 8.29. The van der Waals surface area contributed by atoms with E-state index < -0.39 is 11.6 Å². The van der Waals surface area contributed by atoms with Crippen molar-refractivity contribution in [2.24, 2.45) is 0 Å². The van der Waals surface area contributed by atoms with E-state index in [9.17, 15) is 13.6 Å². The molecule has 2 aromatic carbocycles. The molecule has 0 saturated heterocycles. The Morgan fingerprint density at radius 2 is 1.76 bits per heavy atom. The first-order valence-electron chi connectivity index (χ1n) is 8.29. The van der Waals surface area contributed by atoms with Crippen LogP contribution >= 0.6 is 0 Å². The highest BCUT2D eigenvalue weighted by Gasteiger charge is 2.08. The van der Waals surface area contributed by atoms with E-state index in [2.05, 4.69) is 35.4 Å². The monoisotopic (exact) mass is 347 g/mol. The Labute approximate surface area is 146 Å². The van der Waals surface area contributed by atoms with Gasteiger partial charge in [0.15, 0.2) is 11.6 Å². The lowest BCUT2D eigenvalue weighted by Gasteiger charge is -2.22. The average Bonchev–Trinajstić information content (AvgIpc) is 2.58. The van der Waals surface area contributed by atoms with Crippen LogP contribution in [-0.2, 0) is 4.79 Å². The molecule has 0 aliphatic carbocycles. The summed E-state index contributed by atoms with van der Waals surface area (Å²) >= 11 is 0. The van der Waals surface area contributed by atoms with Crippen LogP contribution in [0.2, 0.25) is 0 Å². The molecule has 1 amide bonds. The number of nitrogens with one attached hydrogen (secondary N) is 2. The smallest absolute Gasteiger partial charge is 0.243 e. The van der Waals surface area contributed by atoms with E-state index in [1.165, 1.54) is 6.07 Å². The van der Waals surface area contributed by atoms with Gasteiger partial charge < -0.3 is 15.5 Å². The van der Waals surface area contributed by atoms with Crippen LogP contribution in [0.1, 0.15) is 19.4 Å². The number of carbonyl (C=O) groups is 1. The van der Waals surface area contributed by atoms with E-state index in [0.717, 1.165) is 42.2 Å². The van der Waals surface area contributed by atoms with Gasteiger partial charge in [-0.3, -0.25) is 4.79 Å². The number of rotatable bonds is 7. The summed E-state index contributed by atoms with van der Waals surface area (Å²) in [6, 6.07) is 9.28. The lowest BCUT2D eigenvalue weighted by atomic mass is 10.1. The van der Waals surface area contributed by atoms with Crippen LogP contribution in [0.25, 0.3) is 0 Å². The average molecular weight is 347 g/mol. The maximum absolute atomic E-state index is 13.1. The van der Waals surface area contributed by atoms with Crippen LogP contribution < -0.4 is 15.5 Å². The minimum Gasteiger partial charge on any atom is -0.376 e. The van der Waals surface area contributed by atoms with Crippen molar-refractivity contribution in [1.29, 1.82) is 0 Å². The van der Waals surface area contributed by atoms with E-state index in [-0.39, 0.29) is 18.1 Å². The number of benzene rings is 2. The van der Waals surface area contributed by atoms with E-state index in [0.29, 0.717) is 0 Å². The van der Waals surface area contributed by atoms with Crippen molar-refractivity contribution in [3.8, 4) is 0 Å². The molecule has 0 aliphatic rings. The van der Waals surface area contributed by atoms with Gasteiger partial charge in [-0.2, -0.15) is 0 Å². The number of hydrogen-bond donors (Lipinski definition) is 2. The van der Waals surface area contributed by atoms with Gasteiger partial charge in [-0.25, -0.2) is 8.78 Å². The van der Waals surface area contributed by atoms with Crippen LogP contribution in [0.5, 0.6) is 0 Å². The Morgan fingerprint density at radius 1 is 1.04 bits per heavy atom. The number of hydrogen-bond acceptors (Lipinski definition) is 3. The van der Waals surface area contributed by atoms with E-state index >= 15 is 0 Å². The molecule has 0 aliphatic heterocycles. The Bertz CT molecular complexity index is 745. The van der Waals surface area contributed by atoms with Crippen molar-refractivity contribution in [1.82, 2.24) is 0 Å². The van der Waals surface area contributed by atoms with Crippen molar-refractivity contribution in [3.63, 3.8) is 0 Å². The highest BCUT2D eigenvalue weighted by Crippen LogP contribution is 2.22. The van der Waals surface area contributed by atoms with Gasteiger partial charge in [0.05, 0.1) is 6.54 Å². The number of amides is 1. The maximum atomic E-state index is 13.1. The summed E-state index contributed by atoms with van der Waals surface area (Å²) < 4.78 is 26.0. The Morgan fingerprint density at radius 3 is 2.36 bits per heavy atom. The van der Waals surface area contributed by atoms with Crippen LogP contribution in [0.3, 0.4) is 0 Å². The third-order valence-corrected chi connectivity index (χ3v) is 3.98. The van der Waals surface area contributed by atoms with Gasteiger partial charge >= 0.3 is 0 Å². The van der Waals surface area contributed by atoms with Gasteiger partial charge in [0.25, 0.3) is 0 Å². The largest absolute Gasteiger partial charge is 0.376 e. The number of nitrogens with zero attached hydrogens (tertiary/aromatic N) is 1. The summed E-state index contributed by atoms with van der Waals surface area (Å²) in [5.74, 6) is -2.27. The Kier molecular flexibility index (Phi) is 6.33. The summed E-state index contributed by atoms with van der Waals surface area (Å²) in [6.45, 7) is 8.08. The Balaban J connectivity index is 1.96. The fourth-order valence-electron chi connectivity index (χ4n) is 2.59. The van der Waals surface area contributed by atoms with Crippen LogP contribution in [-0.4, -0.2) is 25.5 Å². The molecule has 2 aromatic rings. The molecule has 0 saturated carbocycles. The second kappa shape index (κ2) is 8.46. The van der Waals surface area contributed by atoms with Crippen molar-refractivity contribution in [2.75, 3.05) is 35.2 Å². The zero-order valence-electron chi connectivity index (χ0n) is 14.7. The van der Waals surface area contributed by atoms with Crippen LogP contribution in [0.15, 0.2) is 36.4 Å². The Hall–Kier alpha value is -2.63. The fraction of sp³-hybridized carbons (Fsp3) is 0.316. The van der Waals surface area contributed by atoms with E-state index in [4.69, 9.17) is 0 Å². The van der Waals surface area contributed by atoms with Gasteiger partial charge in [0.2, 0.25) is 5.91 Å². The maximum Gasteiger partial charge on any atom is 0.243 e. The van der Waals surface area contributed by atoms with Gasteiger partial charge in [0.1, 0.15) is 0 Å². The van der Waals surface area contributed by atoms with E-state index in [1.807, 2.05) is 19.1 Å². The van der Waals surface area contributed by atoms with Gasteiger partial charge in [-0.1, -0.05) is 0 Å². The third-order valence-electron chi connectivity index (χ3n) is 3.98. The predicted octanol–water partition coefficient (Wildman–Crippen LogP) is 4.17. The summed E-state index contributed by atoms with van der Waals surface area (Å²) in [6.07, 6.45) is 0. The van der Waals surface area contributed by atoms with Gasteiger partial charge in [-0.15, -0.1) is 0 Å². The van der Waals surface area contributed by atoms with Gasteiger partial charge in [-0.05, 0) is 56.7 Å². The number of anilines is 3. The first kappa shape index (κ1) is 18.7. The third kappa shape index (κ3) is 4.92. The molecular formula is C19H23F2N3O. The summed E-state index contributed by atoms with van der Waals surface area (Å²) in [5, 5.41) is 5.59. The highest BCUT2D eigenvalue weighted by molar-refractivity contribution is 5.93. The molecule has 6 heteroatoms. The minimum absolute atomic E-state index is 0.0322. The fourth-order valence-corrected chi connectivity index (χ4v) is 2.59. The van der Waals surface area contributed by atoms with Crippen molar-refractivity contribution >= 4 is 23.0 Å². The first-order chi connectivity index (χ1) is 11.9. The molecule has 134 valence electrons. The second-order valence-electron chi connectivity index (χ2n) is 5.70. The lowest BCUT2D eigenvalue weighted by Crippen LogP contribution is -2.23. The number of aryl methyl sites for hydroxylation is 1. The molecule has 4 nitrogen and oxygen atoms in total. The summed E-state index contributed by atoms with van der Waals surface area (Å²) in [7, 11) is 0. The highest BCUT2D eigenvalue weighted by atomic mass is 19.2. The van der Waals surface area contributed by atoms with Crippen molar-refractivity contribution in [2.45, 2.75) is 20.8 Å². The van der Waals surface area contributed by atoms with Crippen molar-refractivity contribution in [3.05, 3.63) is 53.6 Å². The van der Waals surface area contributed by atoms with Gasteiger partial charge in [0, 0.05) is 36.2 Å². The summed E-state index contributed by atoms with van der Waals surface area (Å²) in [4.78, 5) is 14.2. The molecule has 0 spiro atoms. The molecule has 0 atom stereocenters. The standard InChI is InChI=1S/C19H23F2N3O/c1-4-24(5-2)15-7-9-18(13(3)10-15)22-12-19(25)23-14-6-8-16(20)17(21)11-14/h6-11,22H,4-5,12H2,1-3H3,(H,23,25). The molecule has 0 heterocycles. The number of carbonyl (C=O) groups excluding carboxylic acids is 1. The topological polar surface area (TPSA) is 44.4 Å². The van der Waals surface area contributed by atoms with E-state index in [1.54, 1.807) is 0 Å². The molecular weight excluding hydrogens is 324 g/mol. The van der Waals surface area contributed by atoms with Crippen molar-refractivity contribution < 1.29 is 13.6 Å². The molecule has 0 bridgehead atoms. The zero-order chi connectivity index (χ0) is 18.4. The number of halogens is 2. The normalized spacial score (nSPS) is 10.4. The lowest BCUT2D eigenvalue weighted by molar-refractivity contribution is -0.114. The second-order valence-corrected chi connectivity index (χ2v) is 5.70. The predicted molar refractivity (Wildman–Crippen MR) is 98.2 cm³/mol. The molecule has 0 unspecified atom stereocenters. The SMILES string of the molecule is CCN(CC)c1ccc(NCC(=O)Nc2ccc(F)c(F)c2)c(C)c1. The molecule has 0 radical (unpaired) electrons. The minimum atomic E-state index is -0.992. The molecule has 25 heavy (non-hydrogen) atoms. The summed E-state index contributed by atoms with van der Waals surface area (Å²) in [5.41, 5.74) is 3.25. The molecule has 0 aromatic heterocycles. The zero-order valence-corrected chi connectivity index (χ0v) is 14.7. The van der Waals surface area contributed by atoms with Crippen LogP contribution in [0, 0.1) is 18.6 Å². The van der Waals surface area contributed by atoms with Crippen LogP contribution in [0.4, 0.5) is 25.8 Å². The quantitative estimate of drug-likeness (QED) is 0.790. The molecule has 2 N–H and O–H groups in total.